The molecule has 1 aliphatic rings. The Bertz CT molecular complexity index is 560. The second-order valence-corrected chi connectivity index (χ2v) is 5.16. The Kier molecular flexibility index (Phi) is 3.26. The second kappa shape index (κ2) is 5.06. The van der Waals surface area contributed by atoms with Crippen molar-refractivity contribution in [2.45, 2.75) is 18.9 Å². The molecule has 19 heavy (non-hydrogen) atoms. The van der Waals surface area contributed by atoms with Gasteiger partial charge in [0.05, 0.1) is 13.2 Å². The van der Waals surface area contributed by atoms with Gasteiger partial charge in [-0.3, -0.25) is 0 Å². The van der Waals surface area contributed by atoms with E-state index in [0.717, 1.165) is 24.2 Å². The number of aliphatic hydroxyl groups is 1. The average molecular weight is 254 g/mol. The van der Waals surface area contributed by atoms with Gasteiger partial charge in [0, 0.05) is 0 Å². The van der Waals surface area contributed by atoms with Crippen molar-refractivity contribution in [3.05, 3.63) is 65.2 Å². The lowest BCUT2D eigenvalue weighted by molar-refractivity contribution is 0.123. The van der Waals surface area contributed by atoms with E-state index < -0.39 is 0 Å². The number of hydrogen-bond donors (Lipinski definition) is 1. The van der Waals surface area contributed by atoms with Crippen LogP contribution in [0.1, 0.15) is 22.8 Å². The van der Waals surface area contributed by atoms with E-state index in [2.05, 4.69) is 18.2 Å². The Hall–Kier alpha value is -1.80. The van der Waals surface area contributed by atoms with E-state index in [1.807, 2.05) is 30.3 Å². The summed E-state index contributed by atoms with van der Waals surface area (Å²) in [6, 6.07) is 16.3. The van der Waals surface area contributed by atoms with Crippen LogP contribution in [0.25, 0.3) is 0 Å². The maximum atomic E-state index is 10.4. The standard InChI is InChI=1S/C17H18O2/c1-19-15-8-6-12(7-9-15)10-14-11-13-4-2-3-5-16(13)17(14)18/h2-9,14,17-18H,10-11H2,1H3/t14-,17+/m1/s1. The largest absolute Gasteiger partial charge is 0.497 e. The van der Waals surface area contributed by atoms with Crippen LogP contribution in [0.2, 0.25) is 0 Å². The van der Waals surface area contributed by atoms with Crippen LogP contribution in [0.15, 0.2) is 48.5 Å². The van der Waals surface area contributed by atoms with Gasteiger partial charge in [-0.1, -0.05) is 36.4 Å². The fraction of sp³-hybridized carbons (Fsp3) is 0.294. The minimum absolute atomic E-state index is 0.283. The van der Waals surface area contributed by atoms with Gasteiger partial charge in [-0.2, -0.15) is 0 Å². The molecule has 2 heteroatoms. The van der Waals surface area contributed by atoms with Crippen LogP contribution < -0.4 is 4.74 Å². The predicted octanol–water partition coefficient (Wildman–Crippen LogP) is 3.14. The molecule has 2 aromatic rings. The molecule has 0 saturated carbocycles. The monoisotopic (exact) mass is 254 g/mol. The Morgan fingerprint density at radius 3 is 2.53 bits per heavy atom. The molecule has 0 radical (unpaired) electrons. The third-order valence-electron chi connectivity index (χ3n) is 3.96. The lowest BCUT2D eigenvalue weighted by atomic mass is 9.94. The summed E-state index contributed by atoms with van der Waals surface area (Å²) >= 11 is 0. The molecule has 0 aromatic heterocycles. The van der Waals surface area contributed by atoms with Gasteiger partial charge < -0.3 is 9.84 Å². The molecule has 0 spiro atoms. The van der Waals surface area contributed by atoms with Gasteiger partial charge in [0.2, 0.25) is 0 Å². The van der Waals surface area contributed by atoms with E-state index in [1.165, 1.54) is 11.1 Å². The molecule has 0 unspecified atom stereocenters. The summed E-state index contributed by atoms with van der Waals surface area (Å²) in [4.78, 5) is 0. The van der Waals surface area contributed by atoms with Crippen LogP contribution in [-0.4, -0.2) is 12.2 Å². The molecule has 3 rings (SSSR count). The van der Waals surface area contributed by atoms with Gasteiger partial charge in [0.25, 0.3) is 0 Å². The van der Waals surface area contributed by atoms with Crippen molar-refractivity contribution in [2.24, 2.45) is 5.92 Å². The Morgan fingerprint density at radius 1 is 1.11 bits per heavy atom. The van der Waals surface area contributed by atoms with Crippen molar-refractivity contribution in [3.8, 4) is 5.75 Å². The normalized spacial score (nSPS) is 21.2. The van der Waals surface area contributed by atoms with Crippen molar-refractivity contribution in [1.29, 1.82) is 0 Å². The number of hydrogen-bond acceptors (Lipinski definition) is 2. The van der Waals surface area contributed by atoms with Crippen molar-refractivity contribution >= 4 is 0 Å². The van der Waals surface area contributed by atoms with Crippen molar-refractivity contribution in [2.75, 3.05) is 7.11 Å². The molecule has 0 heterocycles. The summed E-state index contributed by atoms with van der Waals surface area (Å²) in [6.07, 6.45) is 1.53. The minimum atomic E-state index is -0.335. The lowest BCUT2D eigenvalue weighted by Crippen LogP contribution is -2.10. The van der Waals surface area contributed by atoms with Crippen LogP contribution in [-0.2, 0) is 12.8 Å². The van der Waals surface area contributed by atoms with Gasteiger partial charge in [0.15, 0.2) is 0 Å². The zero-order chi connectivity index (χ0) is 13.2. The molecule has 2 aromatic carbocycles. The van der Waals surface area contributed by atoms with Crippen LogP contribution in [0.4, 0.5) is 0 Å². The summed E-state index contributed by atoms with van der Waals surface area (Å²) in [7, 11) is 1.67. The highest BCUT2D eigenvalue weighted by atomic mass is 16.5. The molecule has 0 fully saturated rings. The highest BCUT2D eigenvalue weighted by Gasteiger charge is 2.30. The molecule has 2 atom stereocenters. The highest BCUT2D eigenvalue weighted by Crippen LogP contribution is 2.37. The quantitative estimate of drug-likeness (QED) is 0.911. The Morgan fingerprint density at radius 2 is 1.84 bits per heavy atom. The van der Waals surface area contributed by atoms with E-state index in [4.69, 9.17) is 4.74 Å². The van der Waals surface area contributed by atoms with E-state index in [0.29, 0.717) is 0 Å². The van der Waals surface area contributed by atoms with Crippen molar-refractivity contribution in [1.82, 2.24) is 0 Å². The van der Waals surface area contributed by atoms with Crippen molar-refractivity contribution < 1.29 is 9.84 Å². The summed E-state index contributed by atoms with van der Waals surface area (Å²) in [6.45, 7) is 0. The number of benzene rings is 2. The molecule has 2 nitrogen and oxygen atoms in total. The zero-order valence-corrected chi connectivity index (χ0v) is 11.0. The first-order valence-electron chi connectivity index (χ1n) is 6.66. The molecule has 0 saturated heterocycles. The number of rotatable bonds is 3. The molecule has 1 N–H and O–H groups in total. The number of ether oxygens (including phenoxy) is 1. The van der Waals surface area contributed by atoms with E-state index in [9.17, 15) is 5.11 Å². The number of methoxy groups -OCH3 is 1. The molecule has 0 bridgehead atoms. The van der Waals surface area contributed by atoms with Gasteiger partial charge in [0.1, 0.15) is 5.75 Å². The van der Waals surface area contributed by atoms with Crippen LogP contribution in [0, 0.1) is 5.92 Å². The van der Waals surface area contributed by atoms with Crippen LogP contribution in [0.5, 0.6) is 5.75 Å². The maximum Gasteiger partial charge on any atom is 0.118 e. The smallest absolute Gasteiger partial charge is 0.118 e. The van der Waals surface area contributed by atoms with Crippen molar-refractivity contribution in [3.63, 3.8) is 0 Å². The molecular weight excluding hydrogens is 236 g/mol. The Balaban J connectivity index is 1.75. The van der Waals surface area contributed by atoms with E-state index in [1.54, 1.807) is 7.11 Å². The third kappa shape index (κ3) is 2.36. The van der Waals surface area contributed by atoms with Gasteiger partial charge in [-0.15, -0.1) is 0 Å². The number of fused-ring (bicyclic) bond motifs is 1. The molecule has 98 valence electrons. The zero-order valence-electron chi connectivity index (χ0n) is 11.0. The molecule has 0 aliphatic heterocycles. The molecular formula is C17H18O2. The highest BCUT2D eigenvalue weighted by molar-refractivity contribution is 5.36. The summed E-state index contributed by atoms with van der Waals surface area (Å²) in [5.41, 5.74) is 3.63. The fourth-order valence-electron chi connectivity index (χ4n) is 2.90. The molecule has 1 aliphatic carbocycles. The average Bonchev–Trinajstić information content (AvgIpc) is 2.77. The molecule has 0 amide bonds. The van der Waals surface area contributed by atoms with Gasteiger partial charge in [-0.25, -0.2) is 0 Å². The third-order valence-corrected chi connectivity index (χ3v) is 3.96. The predicted molar refractivity (Wildman–Crippen MR) is 75.3 cm³/mol. The summed E-state index contributed by atoms with van der Waals surface area (Å²) in [5.74, 6) is 1.16. The van der Waals surface area contributed by atoms with Gasteiger partial charge in [-0.05, 0) is 47.6 Å². The number of aliphatic hydroxyl groups excluding tert-OH is 1. The fourth-order valence-corrected chi connectivity index (χ4v) is 2.90. The van der Waals surface area contributed by atoms with Crippen LogP contribution >= 0.6 is 0 Å². The lowest BCUT2D eigenvalue weighted by Gasteiger charge is -2.15. The topological polar surface area (TPSA) is 29.5 Å². The first kappa shape index (κ1) is 12.2. The van der Waals surface area contributed by atoms with E-state index in [-0.39, 0.29) is 12.0 Å². The summed E-state index contributed by atoms with van der Waals surface area (Å²) < 4.78 is 5.16. The summed E-state index contributed by atoms with van der Waals surface area (Å²) in [5, 5.41) is 10.4. The SMILES string of the molecule is COc1ccc(C[C@@H]2Cc3ccccc3[C@H]2O)cc1. The first-order chi connectivity index (χ1) is 9.28. The van der Waals surface area contributed by atoms with Gasteiger partial charge >= 0.3 is 0 Å². The first-order valence-corrected chi connectivity index (χ1v) is 6.66. The maximum absolute atomic E-state index is 10.4. The second-order valence-electron chi connectivity index (χ2n) is 5.16. The minimum Gasteiger partial charge on any atom is -0.497 e. The van der Waals surface area contributed by atoms with Crippen LogP contribution in [0.3, 0.4) is 0 Å². The van der Waals surface area contributed by atoms with E-state index >= 15 is 0 Å². The Labute approximate surface area is 113 Å².